The molecular weight excluding hydrogens is 446 g/mol. The number of aryl methyl sites for hydroxylation is 1. The zero-order valence-corrected chi connectivity index (χ0v) is 19.8. The Morgan fingerprint density at radius 1 is 1.03 bits per heavy atom. The largest absolute Gasteiger partial charge is 0.494 e. The van der Waals surface area contributed by atoms with Gasteiger partial charge in [-0.3, -0.25) is 9.36 Å². The van der Waals surface area contributed by atoms with E-state index >= 15 is 0 Å². The molecule has 0 aliphatic rings. The quantitative estimate of drug-likeness (QED) is 0.214. The maximum atomic E-state index is 12.4. The molecule has 1 N–H and O–H groups in total. The highest BCUT2D eigenvalue weighted by atomic mass is 32.2. The Morgan fingerprint density at radius 3 is 2.50 bits per heavy atom. The van der Waals surface area contributed by atoms with Crippen molar-refractivity contribution >= 4 is 23.9 Å². The van der Waals surface area contributed by atoms with Gasteiger partial charge in [0.2, 0.25) is 0 Å². The van der Waals surface area contributed by atoms with Crippen LogP contribution in [-0.4, -0.2) is 39.2 Å². The van der Waals surface area contributed by atoms with Crippen molar-refractivity contribution in [2.24, 2.45) is 5.10 Å². The number of thioether (sulfide) groups is 1. The lowest BCUT2D eigenvalue weighted by atomic mass is 10.1. The van der Waals surface area contributed by atoms with Gasteiger partial charge in [0.15, 0.2) is 11.0 Å². The van der Waals surface area contributed by atoms with E-state index in [1.807, 2.05) is 97.3 Å². The van der Waals surface area contributed by atoms with Gasteiger partial charge in [0, 0.05) is 11.3 Å². The molecule has 34 heavy (non-hydrogen) atoms. The maximum Gasteiger partial charge on any atom is 0.250 e. The molecule has 0 bridgehead atoms. The monoisotopic (exact) mass is 471 g/mol. The summed E-state index contributed by atoms with van der Waals surface area (Å²) in [6.45, 7) is 4.55. The fraction of sp³-hybridized carbons (Fsp3) is 0.154. The van der Waals surface area contributed by atoms with Crippen molar-refractivity contribution in [1.82, 2.24) is 20.2 Å². The molecule has 172 valence electrons. The minimum Gasteiger partial charge on any atom is -0.494 e. The summed E-state index contributed by atoms with van der Waals surface area (Å²) in [5.41, 5.74) is 6.45. The lowest BCUT2D eigenvalue weighted by Gasteiger charge is -2.11. The van der Waals surface area contributed by atoms with Crippen molar-refractivity contribution in [1.29, 1.82) is 0 Å². The van der Waals surface area contributed by atoms with Crippen LogP contribution in [0.5, 0.6) is 5.75 Å². The zero-order chi connectivity index (χ0) is 23.8. The van der Waals surface area contributed by atoms with Crippen molar-refractivity contribution in [2.75, 3.05) is 12.4 Å². The third kappa shape index (κ3) is 5.71. The number of hydrazone groups is 1. The van der Waals surface area contributed by atoms with Gasteiger partial charge in [-0.1, -0.05) is 66.4 Å². The Balaban J connectivity index is 1.51. The fourth-order valence-electron chi connectivity index (χ4n) is 3.30. The normalized spacial score (nSPS) is 11.0. The van der Waals surface area contributed by atoms with Crippen LogP contribution in [-0.2, 0) is 4.79 Å². The van der Waals surface area contributed by atoms with E-state index in [9.17, 15) is 4.79 Å². The van der Waals surface area contributed by atoms with Crippen molar-refractivity contribution in [3.63, 3.8) is 0 Å². The van der Waals surface area contributed by atoms with Crippen LogP contribution in [0, 0.1) is 6.92 Å². The second kappa shape index (κ2) is 11.3. The van der Waals surface area contributed by atoms with Gasteiger partial charge in [-0.2, -0.15) is 5.10 Å². The van der Waals surface area contributed by atoms with E-state index < -0.39 is 0 Å². The summed E-state index contributed by atoms with van der Waals surface area (Å²) in [6.07, 6.45) is 1.65. The van der Waals surface area contributed by atoms with Crippen LogP contribution in [0.2, 0.25) is 0 Å². The van der Waals surface area contributed by atoms with Gasteiger partial charge in [0.1, 0.15) is 5.75 Å². The van der Waals surface area contributed by atoms with Gasteiger partial charge >= 0.3 is 0 Å². The average molecular weight is 472 g/mol. The molecule has 8 heteroatoms. The molecular formula is C26H25N5O2S. The summed E-state index contributed by atoms with van der Waals surface area (Å²) in [5, 5.41) is 13.5. The highest BCUT2D eigenvalue weighted by Crippen LogP contribution is 2.28. The van der Waals surface area contributed by atoms with E-state index in [0.29, 0.717) is 17.6 Å². The van der Waals surface area contributed by atoms with Crippen LogP contribution >= 0.6 is 11.8 Å². The predicted octanol–water partition coefficient (Wildman–Crippen LogP) is 4.88. The Hall–Kier alpha value is -3.91. The van der Waals surface area contributed by atoms with E-state index in [0.717, 1.165) is 28.1 Å². The van der Waals surface area contributed by atoms with Crippen LogP contribution < -0.4 is 10.2 Å². The summed E-state index contributed by atoms with van der Waals surface area (Å²) in [7, 11) is 0. The Labute approximate surface area is 202 Å². The van der Waals surface area contributed by atoms with Crippen molar-refractivity contribution in [2.45, 2.75) is 19.0 Å². The second-order valence-electron chi connectivity index (χ2n) is 7.37. The van der Waals surface area contributed by atoms with Crippen molar-refractivity contribution in [3.05, 3.63) is 90.0 Å². The number of nitrogens with zero attached hydrogens (tertiary/aromatic N) is 4. The number of carbonyl (C=O) groups excluding carboxylic acids is 1. The number of aromatic nitrogens is 3. The molecule has 0 unspecified atom stereocenters. The molecule has 1 aromatic heterocycles. The van der Waals surface area contributed by atoms with E-state index in [-0.39, 0.29) is 11.7 Å². The van der Waals surface area contributed by atoms with Crippen LogP contribution in [0.25, 0.3) is 17.1 Å². The van der Waals surface area contributed by atoms with Gasteiger partial charge in [-0.25, -0.2) is 5.43 Å². The van der Waals surface area contributed by atoms with Crippen LogP contribution in [0.3, 0.4) is 0 Å². The fourth-order valence-corrected chi connectivity index (χ4v) is 4.04. The standard InChI is InChI=1S/C26H25N5O2S/c1-3-33-23-15-13-22(14-16-23)31-25(20-10-5-4-6-11-20)29-30-26(31)34-18-24(32)28-27-17-21-12-8-7-9-19(21)2/h4-17H,3,18H2,1-2H3,(H,28,32). The third-order valence-electron chi connectivity index (χ3n) is 4.98. The number of benzene rings is 3. The van der Waals surface area contributed by atoms with Crippen LogP contribution in [0.15, 0.2) is 89.1 Å². The number of carbonyl (C=O) groups is 1. The zero-order valence-electron chi connectivity index (χ0n) is 19.0. The van der Waals surface area contributed by atoms with Crippen molar-refractivity contribution in [3.8, 4) is 22.8 Å². The molecule has 4 aromatic rings. The number of rotatable bonds is 9. The Morgan fingerprint density at radius 2 is 1.76 bits per heavy atom. The molecule has 0 saturated heterocycles. The highest BCUT2D eigenvalue weighted by Gasteiger charge is 2.17. The predicted molar refractivity (Wildman–Crippen MR) is 136 cm³/mol. The molecule has 3 aromatic carbocycles. The van der Waals surface area contributed by atoms with Crippen LogP contribution in [0.4, 0.5) is 0 Å². The molecule has 0 aliphatic heterocycles. The summed E-state index contributed by atoms with van der Waals surface area (Å²) in [4.78, 5) is 12.4. The first-order chi connectivity index (χ1) is 16.7. The van der Waals surface area contributed by atoms with Gasteiger partial charge in [-0.15, -0.1) is 10.2 Å². The lowest BCUT2D eigenvalue weighted by Crippen LogP contribution is -2.20. The average Bonchev–Trinajstić information content (AvgIpc) is 3.29. The van der Waals surface area contributed by atoms with Gasteiger partial charge in [-0.05, 0) is 49.2 Å². The molecule has 4 rings (SSSR count). The molecule has 0 aliphatic carbocycles. The molecule has 0 spiro atoms. The van der Waals surface area contributed by atoms with E-state index in [1.54, 1.807) is 6.21 Å². The lowest BCUT2D eigenvalue weighted by molar-refractivity contribution is -0.118. The third-order valence-corrected chi connectivity index (χ3v) is 5.91. The molecule has 7 nitrogen and oxygen atoms in total. The van der Waals surface area contributed by atoms with Gasteiger partial charge in [0.25, 0.3) is 5.91 Å². The van der Waals surface area contributed by atoms with Crippen LogP contribution in [0.1, 0.15) is 18.1 Å². The van der Waals surface area contributed by atoms with E-state index in [1.165, 1.54) is 11.8 Å². The maximum absolute atomic E-state index is 12.4. The molecule has 0 radical (unpaired) electrons. The minimum absolute atomic E-state index is 0.148. The first-order valence-electron chi connectivity index (χ1n) is 10.9. The topological polar surface area (TPSA) is 81.4 Å². The van der Waals surface area contributed by atoms with E-state index in [2.05, 4.69) is 20.7 Å². The number of hydrogen-bond acceptors (Lipinski definition) is 6. The SMILES string of the molecule is CCOc1ccc(-n2c(SCC(=O)NN=Cc3ccccc3C)nnc2-c2ccccc2)cc1. The molecule has 0 saturated carbocycles. The van der Waals surface area contributed by atoms with Gasteiger partial charge < -0.3 is 4.74 Å². The Kier molecular flexibility index (Phi) is 7.72. The van der Waals surface area contributed by atoms with E-state index in [4.69, 9.17) is 4.74 Å². The number of hydrogen-bond donors (Lipinski definition) is 1. The summed E-state index contributed by atoms with van der Waals surface area (Å²) in [5.74, 6) is 1.41. The molecule has 0 fully saturated rings. The smallest absolute Gasteiger partial charge is 0.250 e. The van der Waals surface area contributed by atoms with Crippen molar-refractivity contribution < 1.29 is 9.53 Å². The summed E-state index contributed by atoms with van der Waals surface area (Å²) >= 11 is 1.30. The summed E-state index contributed by atoms with van der Waals surface area (Å²) < 4.78 is 7.51. The molecule has 1 amide bonds. The summed E-state index contributed by atoms with van der Waals surface area (Å²) in [6, 6.07) is 25.4. The minimum atomic E-state index is -0.225. The first kappa shape index (κ1) is 23.3. The van der Waals surface area contributed by atoms with Gasteiger partial charge in [0.05, 0.1) is 18.6 Å². The number of nitrogens with one attached hydrogen (secondary N) is 1. The molecule has 1 heterocycles. The number of amides is 1. The Bertz CT molecular complexity index is 1270. The number of ether oxygens (including phenoxy) is 1. The highest BCUT2D eigenvalue weighted by molar-refractivity contribution is 7.99. The second-order valence-corrected chi connectivity index (χ2v) is 8.32. The molecule has 0 atom stereocenters. The first-order valence-corrected chi connectivity index (χ1v) is 11.9.